The van der Waals surface area contributed by atoms with Crippen molar-refractivity contribution in [3.8, 4) is 11.5 Å². The van der Waals surface area contributed by atoms with E-state index in [1.54, 1.807) is 24.3 Å². The molecule has 0 saturated heterocycles. The van der Waals surface area contributed by atoms with E-state index in [1.807, 2.05) is 0 Å². The Morgan fingerprint density at radius 3 is 1.53 bits per heavy atom. The highest BCUT2D eigenvalue weighted by atomic mass is 16.7. The number of methoxy groups -OCH3 is 1. The summed E-state index contributed by atoms with van der Waals surface area (Å²) < 4.78 is 20.4. The van der Waals surface area contributed by atoms with Gasteiger partial charge in [-0.3, -0.25) is 14.4 Å². The molecule has 0 aliphatic heterocycles. The summed E-state index contributed by atoms with van der Waals surface area (Å²) in [6.45, 7) is 0. The number of hydrogen-bond donors (Lipinski definition) is 1. The SMILES string of the molecule is COC(=O)OC1CCC(C(=O)Oc2ccc(OC(=O)C3CCC(C(=O)O)CC3)cc2)CC1. The third-order valence-corrected chi connectivity index (χ3v) is 6.11. The van der Waals surface area contributed by atoms with Gasteiger partial charge in [0.25, 0.3) is 0 Å². The smallest absolute Gasteiger partial charge is 0.481 e. The zero-order valence-electron chi connectivity index (χ0n) is 18.0. The van der Waals surface area contributed by atoms with Crippen molar-refractivity contribution < 1.29 is 43.2 Å². The summed E-state index contributed by atoms with van der Waals surface area (Å²) >= 11 is 0. The lowest BCUT2D eigenvalue weighted by Crippen LogP contribution is -2.30. The maximum atomic E-state index is 12.4. The second-order valence-electron chi connectivity index (χ2n) is 8.25. The lowest BCUT2D eigenvalue weighted by atomic mass is 9.82. The summed E-state index contributed by atoms with van der Waals surface area (Å²) in [6.07, 6.45) is 3.22. The van der Waals surface area contributed by atoms with Gasteiger partial charge in [-0.05, 0) is 75.6 Å². The molecule has 1 aromatic rings. The van der Waals surface area contributed by atoms with Crippen LogP contribution in [-0.4, -0.2) is 42.4 Å². The number of carboxylic acids is 1. The molecule has 2 aliphatic carbocycles. The van der Waals surface area contributed by atoms with Gasteiger partial charge in [-0.1, -0.05) is 0 Å². The molecule has 0 atom stereocenters. The number of ether oxygens (including phenoxy) is 4. The predicted molar refractivity (Wildman–Crippen MR) is 110 cm³/mol. The number of esters is 2. The van der Waals surface area contributed by atoms with Crippen LogP contribution < -0.4 is 9.47 Å². The monoisotopic (exact) mass is 448 g/mol. The van der Waals surface area contributed by atoms with E-state index in [1.165, 1.54) is 7.11 Å². The van der Waals surface area contributed by atoms with E-state index in [0.29, 0.717) is 62.9 Å². The Bertz CT molecular complexity index is 816. The van der Waals surface area contributed by atoms with Crippen LogP contribution in [0.4, 0.5) is 4.79 Å². The molecule has 0 heterocycles. The van der Waals surface area contributed by atoms with Crippen LogP contribution in [0.2, 0.25) is 0 Å². The van der Waals surface area contributed by atoms with E-state index in [9.17, 15) is 19.2 Å². The molecule has 0 bridgehead atoms. The highest BCUT2D eigenvalue weighted by Gasteiger charge is 2.31. The molecular formula is C23H28O9. The van der Waals surface area contributed by atoms with Crippen molar-refractivity contribution in [2.24, 2.45) is 17.8 Å². The first-order valence-corrected chi connectivity index (χ1v) is 10.9. The standard InChI is InChI=1S/C23H28O9/c1-29-23(28)32-19-8-6-16(7-9-19)22(27)31-18-12-10-17(11-13-18)30-21(26)15-4-2-14(3-5-15)20(24)25/h10-16,19H,2-9H2,1H3,(H,24,25). The molecule has 9 heteroatoms. The maximum absolute atomic E-state index is 12.4. The van der Waals surface area contributed by atoms with Crippen molar-refractivity contribution in [3.05, 3.63) is 24.3 Å². The number of carbonyl (C=O) groups excluding carboxylic acids is 3. The number of carboxylic acid groups (broad SMARTS) is 1. The third-order valence-electron chi connectivity index (χ3n) is 6.11. The largest absolute Gasteiger partial charge is 0.508 e. The van der Waals surface area contributed by atoms with Gasteiger partial charge in [0.2, 0.25) is 0 Å². The van der Waals surface area contributed by atoms with Gasteiger partial charge in [-0.2, -0.15) is 0 Å². The first kappa shape index (κ1) is 23.6. The lowest BCUT2D eigenvalue weighted by Gasteiger charge is -2.26. The highest BCUT2D eigenvalue weighted by molar-refractivity contribution is 5.77. The molecule has 32 heavy (non-hydrogen) atoms. The fourth-order valence-corrected chi connectivity index (χ4v) is 4.15. The van der Waals surface area contributed by atoms with Gasteiger partial charge in [0, 0.05) is 0 Å². The van der Waals surface area contributed by atoms with Crippen LogP contribution in [0.15, 0.2) is 24.3 Å². The van der Waals surface area contributed by atoms with E-state index in [0.717, 1.165) is 0 Å². The number of aliphatic carboxylic acids is 1. The van der Waals surface area contributed by atoms with Gasteiger partial charge in [-0.15, -0.1) is 0 Å². The van der Waals surface area contributed by atoms with E-state index in [4.69, 9.17) is 19.3 Å². The average Bonchev–Trinajstić information content (AvgIpc) is 2.80. The Morgan fingerprint density at radius 1 is 0.719 bits per heavy atom. The molecule has 2 aliphatic rings. The summed E-state index contributed by atoms with van der Waals surface area (Å²) in [4.78, 5) is 46.9. The van der Waals surface area contributed by atoms with E-state index in [2.05, 4.69) is 4.74 Å². The van der Waals surface area contributed by atoms with Crippen LogP contribution in [-0.2, 0) is 23.9 Å². The van der Waals surface area contributed by atoms with Crippen molar-refractivity contribution in [1.29, 1.82) is 0 Å². The number of carbonyl (C=O) groups is 4. The van der Waals surface area contributed by atoms with Crippen molar-refractivity contribution >= 4 is 24.1 Å². The molecule has 9 nitrogen and oxygen atoms in total. The molecule has 2 fully saturated rings. The Hall–Kier alpha value is -3.10. The molecule has 0 spiro atoms. The van der Waals surface area contributed by atoms with E-state index < -0.39 is 12.1 Å². The van der Waals surface area contributed by atoms with Gasteiger partial charge in [0.15, 0.2) is 0 Å². The Labute approximate surface area is 186 Å². The Kier molecular flexibility index (Phi) is 8.08. The lowest BCUT2D eigenvalue weighted by molar-refractivity contribution is -0.146. The fourth-order valence-electron chi connectivity index (χ4n) is 4.15. The fraction of sp³-hybridized carbons (Fsp3) is 0.565. The van der Waals surface area contributed by atoms with Crippen molar-refractivity contribution in [2.45, 2.75) is 57.5 Å². The van der Waals surface area contributed by atoms with Crippen LogP contribution in [0.3, 0.4) is 0 Å². The second kappa shape index (κ2) is 11.0. The van der Waals surface area contributed by atoms with Gasteiger partial charge >= 0.3 is 24.1 Å². The van der Waals surface area contributed by atoms with Crippen LogP contribution in [0, 0.1) is 17.8 Å². The molecule has 2 saturated carbocycles. The average molecular weight is 448 g/mol. The first-order chi connectivity index (χ1) is 15.4. The van der Waals surface area contributed by atoms with Crippen LogP contribution in [0.5, 0.6) is 11.5 Å². The molecule has 1 aromatic carbocycles. The molecule has 0 aromatic heterocycles. The number of benzene rings is 1. The Balaban J connectivity index is 1.43. The summed E-state index contributed by atoms with van der Waals surface area (Å²) in [5, 5.41) is 9.05. The first-order valence-electron chi connectivity index (χ1n) is 10.9. The van der Waals surface area contributed by atoms with E-state index >= 15 is 0 Å². The van der Waals surface area contributed by atoms with Crippen LogP contribution in [0.1, 0.15) is 51.4 Å². The topological polar surface area (TPSA) is 125 Å². The summed E-state index contributed by atoms with van der Waals surface area (Å²) in [5.74, 6) is -1.80. The zero-order valence-corrected chi connectivity index (χ0v) is 18.0. The van der Waals surface area contributed by atoms with Gasteiger partial charge in [0.05, 0.1) is 24.9 Å². The summed E-state index contributed by atoms with van der Waals surface area (Å²) in [7, 11) is 1.25. The van der Waals surface area contributed by atoms with Gasteiger partial charge in [-0.25, -0.2) is 4.79 Å². The Morgan fingerprint density at radius 2 is 1.12 bits per heavy atom. The predicted octanol–water partition coefficient (Wildman–Crippen LogP) is 3.73. The minimum Gasteiger partial charge on any atom is -0.481 e. The molecule has 1 N–H and O–H groups in total. The molecular weight excluding hydrogens is 420 g/mol. The zero-order chi connectivity index (χ0) is 23.1. The quantitative estimate of drug-likeness (QED) is 0.512. The summed E-state index contributed by atoms with van der Waals surface area (Å²) in [6, 6.07) is 6.25. The van der Waals surface area contributed by atoms with E-state index in [-0.39, 0.29) is 35.8 Å². The molecule has 3 rings (SSSR count). The van der Waals surface area contributed by atoms with Crippen molar-refractivity contribution in [3.63, 3.8) is 0 Å². The number of rotatable bonds is 6. The maximum Gasteiger partial charge on any atom is 0.508 e. The van der Waals surface area contributed by atoms with Crippen molar-refractivity contribution in [2.75, 3.05) is 7.11 Å². The third kappa shape index (κ3) is 6.45. The molecule has 0 amide bonds. The van der Waals surface area contributed by atoms with Gasteiger partial charge in [0.1, 0.15) is 17.6 Å². The van der Waals surface area contributed by atoms with Crippen LogP contribution >= 0.6 is 0 Å². The minimum absolute atomic E-state index is 0.250. The molecule has 174 valence electrons. The molecule has 0 unspecified atom stereocenters. The van der Waals surface area contributed by atoms with Crippen molar-refractivity contribution in [1.82, 2.24) is 0 Å². The summed E-state index contributed by atoms with van der Waals surface area (Å²) in [5.41, 5.74) is 0. The second-order valence-corrected chi connectivity index (χ2v) is 8.25. The highest BCUT2D eigenvalue weighted by Crippen LogP contribution is 2.31. The van der Waals surface area contributed by atoms with Crippen LogP contribution in [0.25, 0.3) is 0 Å². The van der Waals surface area contributed by atoms with Gasteiger partial charge < -0.3 is 24.1 Å². The number of hydrogen-bond acceptors (Lipinski definition) is 8. The minimum atomic E-state index is -0.815. The normalized spacial score (nSPS) is 25.3. The molecule has 0 radical (unpaired) electrons.